The maximum absolute atomic E-state index is 10.2. The highest BCUT2D eigenvalue weighted by Gasteiger charge is 2.10. The van der Waals surface area contributed by atoms with Crippen LogP contribution in [0.5, 0.6) is 0 Å². The Kier molecular flexibility index (Phi) is 12.2. The average molecular weight is 225 g/mol. The Bertz CT molecular complexity index is 94.1. The van der Waals surface area contributed by atoms with Gasteiger partial charge in [0, 0.05) is 0 Å². The second-order valence-electron chi connectivity index (χ2n) is 1.95. The molecular formula is C8H17BrO2. The minimum Gasteiger partial charge on any atom is -0.480 e. The number of carboxylic acids is 1. The Hall–Kier alpha value is -0.0500. The third kappa shape index (κ3) is 9.95. The Morgan fingerprint density at radius 1 is 1.55 bits per heavy atom. The van der Waals surface area contributed by atoms with Crippen molar-refractivity contribution in [2.75, 3.05) is 0 Å². The monoisotopic (exact) mass is 224 g/mol. The average Bonchev–Trinajstić information content (AvgIpc) is 2.03. The van der Waals surface area contributed by atoms with E-state index in [1.807, 2.05) is 20.8 Å². The summed E-state index contributed by atoms with van der Waals surface area (Å²) >= 11 is 3.04. The van der Waals surface area contributed by atoms with Crippen LogP contribution >= 0.6 is 15.9 Å². The first-order valence-corrected chi connectivity index (χ1v) is 4.97. The summed E-state index contributed by atoms with van der Waals surface area (Å²) in [5.74, 6) is -0.761. The molecule has 2 nitrogen and oxygen atoms in total. The molecule has 0 amide bonds. The molecule has 1 N–H and O–H groups in total. The number of hydrogen-bond acceptors (Lipinski definition) is 1. The van der Waals surface area contributed by atoms with Gasteiger partial charge in [-0.25, -0.2) is 0 Å². The molecule has 0 heterocycles. The van der Waals surface area contributed by atoms with Gasteiger partial charge in [-0.15, -0.1) is 0 Å². The van der Waals surface area contributed by atoms with Crippen LogP contribution in [0.2, 0.25) is 0 Å². The van der Waals surface area contributed by atoms with Crippen LogP contribution in [0, 0.1) is 0 Å². The van der Waals surface area contributed by atoms with Crippen LogP contribution in [0.15, 0.2) is 0 Å². The first kappa shape index (κ1) is 13.5. The fourth-order valence-corrected chi connectivity index (χ4v) is 0.831. The summed E-state index contributed by atoms with van der Waals surface area (Å²) in [6.45, 7) is 6.04. The van der Waals surface area contributed by atoms with Crippen molar-refractivity contribution in [1.29, 1.82) is 0 Å². The Morgan fingerprint density at radius 2 is 2.00 bits per heavy atom. The van der Waals surface area contributed by atoms with Gasteiger partial charge in [0.05, 0.1) is 0 Å². The van der Waals surface area contributed by atoms with Crippen molar-refractivity contribution in [2.45, 2.75) is 44.9 Å². The summed E-state index contributed by atoms with van der Waals surface area (Å²) in [5, 5.41) is 8.36. The molecular weight excluding hydrogens is 208 g/mol. The first-order valence-electron chi connectivity index (χ1n) is 4.05. The Labute approximate surface area is 77.1 Å². The number of alkyl halides is 1. The summed E-state index contributed by atoms with van der Waals surface area (Å²) in [4.78, 5) is 9.81. The van der Waals surface area contributed by atoms with Gasteiger partial charge in [0.1, 0.15) is 4.83 Å². The summed E-state index contributed by atoms with van der Waals surface area (Å²) in [7, 11) is 0. The van der Waals surface area contributed by atoms with Crippen molar-refractivity contribution in [2.24, 2.45) is 0 Å². The van der Waals surface area contributed by atoms with Crippen LogP contribution in [0.1, 0.15) is 40.0 Å². The van der Waals surface area contributed by atoms with E-state index in [-0.39, 0.29) is 4.83 Å². The lowest BCUT2D eigenvalue weighted by molar-refractivity contribution is -0.136. The number of carbonyl (C=O) groups is 1. The third-order valence-corrected chi connectivity index (χ3v) is 1.93. The zero-order chi connectivity index (χ0) is 9.28. The lowest BCUT2D eigenvalue weighted by Crippen LogP contribution is -2.11. The van der Waals surface area contributed by atoms with Gasteiger partial charge in [0.25, 0.3) is 0 Å². The van der Waals surface area contributed by atoms with E-state index in [1.165, 1.54) is 0 Å². The molecule has 0 saturated carbocycles. The molecule has 0 aromatic heterocycles. The van der Waals surface area contributed by atoms with Crippen LogP contribution in [-0.2, 0) is 4.79 Å². The van der Waals surface area contributed by atoms with Crippen molar-refractivity contribution in [1.82, 2.24) is 0 Å². The Morgan fingerprint density at radius 3 is 2.27 bits per heavy atom. The van der Waals surface area contributed by atoms with Crippen molar-refractivity contribution in [3.63, 3.8) is 0 Å². The number of carboxylic acid groups (broad SMARTS) is 1. The summed E-state index contributed by atoms with van der Waals surface area (Å²) in [5.41, 5.74) is 0. The molecule has 0 aliphatic carbocycles. The van der Waals surface area contributed by atoms with E-state index >= 15 is 0 Å². The van der Waals surface area contributed by atoms with Gasteiger partial charge in [-0.1, -0.05) is 49.5 Å². The molecule has 0 aromatic carbocycles. The topological polar surface area (TPSA) is 37.3 Å². The van der Waals surface area contributed by atoms with E-state index in [0.29, 0.717) is 0 Å². The van der Waals surface area contributed by atoms with Crippen LogP contribution in [0.25, 0.3) is 0 Å². The molecule has 3 heteroatoms. The SMILES string of the molecule is CC.CCCCC(Br)C(=O)O. The summed E-state index contributed by atoms with van der Waals surface area (Å²) < 4.78 is 0. The van der Waals surface area contributed by atoms with Gasteiger partial charge in [0.2, 0.25) is 0 Å². The van der Waals surface area contributed by atoms with E-state index < -0.39 is 5.97 Å². The van der Waals surface area contributed by atoms with Crippen LogP contribution in [0.4, 0.5) is 0 Å². The standard InChI is InChI=1S/C6H11BrO2.C2H6/c1-2-3-4-5(7)6(8)9;1-2/h5H,2-4H2,1H3,(H,8,9);1-2H3. The van der Waals surface area contributed by atoms with Gasteiger partial charge in [-0.2, -0.15) is 0 Å². The van der Waals surface area contributed by atoms with Crippen molar-refractivity contribution in [3.8, 4) is 0 Å². The highest BCUT2D eigenvalue weighted by atomic mass is 79.9. The first-order chi connectivity index (χ1) is 5.18. The van der Waals surface area contributed by atoms with Gasteiger partial charge in [-0.05, 0) is 6.42 Å². The number of rotatable bonds is 4. The predicted molar refractivity (Wildman–Crippen MR) is 51.2 cm³/mol. The molecule has 0 bridgehead atoms. The summed E-state index contributed by atoms with van der Waals surface area (Å²) in [6, 6.07) is 0. The number of halogens is 1. The number of aliphatic carboxylic acids is 1. The highest BCUT2D eigenvalue weighted by Crippen LogP contribution is 2.08. The molecule has 0 spiro atoms. The van der Waals surface area contributed by atoms with Crippen molar-refractivity contribution >= 4 is 21.9 Å². The van der Waals surface area contributed by atoms with Crippen molar-refractivity contribution in [3.05, 3.63) is 0 Å². The smallest absolute Gasteiger partial charge is 0.317 e. The largest absolute Gasteiger partial charge is 0.480 e. The molecule has 0 radical (unpaired) electrons. The highest BCUT2D eigenvalue weighted by molar-refractivity contribution is 9.10. The lowest BCUT2D eigenvalue weighted by atomic mass is 10.2. The predicted octanol–water partition coefficient (Wildman–Crippen LogP) is 3.05. The zero-order valence-electron chi connectivity index (χ0n) is 7.43. The maximum atomic E-state index is 10.2. The molecule has 0 aromatic rings. The molecule has 1 unspecified atom stereocenters. The molecule has 0 aliphatic rings. The minimum absolute atomic E-state index is 0.350. The van der Waals surface area contributed by atoms with Gasteiger partial charge >= 0.3 is 5.97 Å². The molecule has 0 rings (SSSR count). The normalized spacial score (nSPS) is 11.3. The molecule has 11 heavy (non-hydrogen) atoms. The zero-order valence-corrected chi connectivity index (χ0v) is 9.02. The van der Waals surface area contributed by atoms with Crippen LogP contribution in [-0.4, -0.2) is 15.9 Å². The second-order valence-corrected chi connectivity index (χ2v) is 3.05. The van der Waals surface area contributed by atoms with E-state index in [1.54, 1.807) is 0 Å². The number of hydrogen-bond donors (Lipinski definition) is 1. The second kappa shape index (κ2) is 9.95. The molecule has 0 aliphatic heterocycles. The number of unbranched alkanes of at least 4 members (excludes halogenated alkanes) is 1. The fraction of sp³-hybridized carbons (Fsp3) is 0.875. The van der Waals surface area contributed by atoms with Gasteiger partial charge < -0.3 is 5.11 Å². The molecule has 1 atom stereocenters. The fourth-order valence-electron chi connectivity index (χ4n) is 0.507. The minimum atomic E-state index is -0.761. The van der Waals surface area contributed by atoms with Gasteiger partial charge in [-0.3, -0.25) is 4.79 Å². The molecule has 0 fully saturated rings. The quantitative estimate of drug-likeness (QED) is 0.746. The van der Waals surface area contributed by atoms with E-state index in [2.05, 4.69) is 15.9 Å². The lowest BCUT2D eigenvalue weighted by Gasteiger charge is -2.00. The van der Waals surface area contributed by atoms with Crippen LogP contribution in [0.3, 0.4) is 0 Å². The van der Waals surface area contributed by atoms with Gasteiger partial charge in [0.15, 0.2) is 0 Å². The maximum Gasteiger partial charge on any atom is 0.317 e. The summed E-state index contributed by atoms with van der Waals surface area (Å²) in [6.07, 6.45) is 2.75. The van der Waals surface area contributed by atoms with E-state index in [4.69, 9.17) is 5.11 Å². The van der Waals surface area contributed by atoms with E-state index in [9.17, 15) is 4.79 Å². The molecule has 0 saturated heterocycles. The van der Waals surface area contributed by atoms with Crippen LogP contribution < -0.4 is 0 Å². The molecule has 68 valence electrons. The Balaban J connectivity index is 0. The van der Waals surface area contributed by atoms with E-state index in [0.717, 1.165) is 19.3 Å². The third-order valence-electron chi connectivity index (χ3n) is 1.08. The van der Waals surface area contributed by atoms with Crippen molar-refractivity contribution < 1.29 is 9.90 Å².